The topological polar surface area (TPSA) is 90.7 Å². The van der Waals surface area contributed by atoms with Crippen LogP contribution in [0.2, 0.25) is 0 Å². The number of hydrogen-bond donors (Lipinski definition) is 1. The first-order valence-corrected chi connectivity index (χ1v) is 8.08. The average Bonchev–Trinajstić information content (AvgIpc) is 3.11. The van der Waals surface area contributed by atoms with E-state index < -0.39 is 11.4 Å². The maximum Gasteiger partial charge on any atom is 0.281 e. The summed E-state index contributed by atoms with van der Waals surface area (Å²) in [5.41, 5.74) is 0.251. The van der Waals surface area contributed by atoms with Crippen LogP contribution in [0.5, 0.6) is 5.88 Å². The van der Waals surface area contributed by atoms with Gasteiger partial charge in [-0.1, -0.05) is 12.8 Å². The second kappa shape index (κ2) is 6.85. The quantitative estimate of drug-likeness (QED) is 0.839. The summed E-state index contributed by atoms with van der Waals surface area (Å²) in [5.74, 6) is -0.701. The highest BCUT2D eigenvalue weighted by atomic mass is 19.1. The fourth-order valence-corrected chi connectivity index (χ4v) is 3.15. The summed E-state index contributed by atoms with van der Waals surface area (Å²) in [6.07, 6.45) is 3.49. The molecule has 0 atom stereocenters. The van der Waals surface area contributed by atoms with Gasteiger partial charge in [0.05, 0.1) is 5.69 Å². The maximum atomic E-state index is 13.0. The van der Waals surface area contributed by atoms with Gasteiger partial charge in [-0.2, -0.15) is 10.4 Å². The Kier molecular flexibility index (Phi) is 4.61. The minimum atomic E-state index is -0.466. The standard InChI is InChI=1S/C18H17FN4O2/c1-11-15(10-20)17(24)23(14-4-2-3-5-14)18(25)16(11)22-21-13-8-6-12(19)7-9-13/h6-9,14,24H,2-5H2,1H3. The van der Waals surface area contributed by atoms with Crippen LogP contribution in [0, 0.1) is 24.1 Å². The number of rotatable bonds is 3. The van der Waals surface area contributed by atoms with E-state index in [9.17, 15) is 19.6 Å². The molecule has 7 heteroatoms. The first kappa shape index (κ1) is 16.8. The van der Waals surface area contributed by atoms with Crippen molar-refractivity contribution in [3.63, 3.8) is 0 Å². The summed E-state index contributed by atoms with van der Waals surface area (Å²) in [7, 11) is 0. The predicted molar refractivity (Wildman–Crippen MR) is 89.9 cm³/mol. The van der Waals surface area contributed by atoms with E-state index >= 15 is 0 Å². The number of hydrogen-bond acceptors (Lipinski definition) is 5. The third-order valence-electron chi connectivity index (χ3n) is 4.50. The lowest BCUT2D eigenvalue weighted by Gasteiger charge is -2.18. The minimum absolute atomic E-state index is 0.0191. The summed E-state index contributed by atoms with van der Waals surface area (Å²) in [5, 5.41) is 27.7. The van der Waals surface area contributed by atoms with Gasteiger partial charge in [0, 0.05) is 11.6 Å². The van der Waals surface area contributed by atoms with Gasteiger partial charge in [-0.05, 0) is 44.0 Å². The van der Waals surface area contributed by atoms with E-state index in [-0.39, 0.29) is 28.7 Å². The molecule has 3 rings (SSSR count). The number of benzene rings is 1. The van der Waals surface area contributed by atoms with Crippen LogP contribution in [0.1, 0.15) is 42.9 Å². The van der Waals surface area contributed by atoms with E-state index in [2.05, 4.69) is 10.2 Å². The zero-order valence-electron chi connectivity index (χ0n) is 13.7. The molecule has 25 heavy (non-hydrogen) atoms. The Hall–Kier alpha value is -3.01. The Balaban J connectivity index is 2.12. The molecule has 0 saturated heterocycles. The van der Waals surface area contributed by atoms with E-state index in [4.69, 9.17) is 0 Å². The van der Waals surface area contributed by atoms with Crippen molar-refractivity contribution in [1.29, 1.82) is 5.26 Å². The highest BCUT2D eigenvalue weighted by molar-refractivity contribution is 5.57. The Morgan fingerprint density at radius 3 is 2.48 bits per heavy atom. The van der Waals surface area contributed by atoms with Crippen molar-refractivity contribution in [3.05, 3.63) is 51.6 Å². The van der Waals surface area contributed by atoms with Gasteiger partial charge in [-0.15, -0.1) is 5.11 Å². The lowest BCUT2D eigenvalue weighted by Crippen LogP contribution is -2.24. The van der Waals surface area contributed by atoms with Crippen LogP contribution < -0.4 is 5.56 Å². The van der Waals surface area contributed by atoms with Crippen LogP contribution in [-0.2, 0) is 0 Å². The van der Waals surface area contributed by atoms with Crippen molar-refractivity contribution in [3.8, 4) is 11.9 Å². The Labute approximate surface area is 143 Å². The van der Waals surface area contributed by atoms with Crippen molar-refractivity contribution in [1.82, 2.24) is 4.57 Å². The Morgan fingerprint density at radius 1 is 1.24 bits per heavy atom. The molecule has 1 aromatic carbocycles. The molecule has 1 aliphatic carbocycles. The van der Waals surface area contributed by atoms with Crippen molar-refractivity contribution in [2.75, 3.05) is 0 Å². The zero-order chi connectivity index (χ0) is 18.0. The third kappa shape index (κ3) is 3.15. The molecule has 2 aromatic rings. The van der Waals surface area contributed by atoms with E-state index in [1.807, 2.05) is 6.07 Å². The summed E-state index contributed by atoms with van der Waals surface area (Å²) in [6.45, 7) is 1.55. The first-order chi connectivity index (χ1) is 12.0. The van der Waals surface area contributed by atoms with E-state index in [1.165, 1.54) is 28.8 Å². The van der Waals surface area contributed by atoms with Gasteiger partial charge in [0.15, 0.2) is 5.69 Å². The van der Waals surface area contributed by atoms with Crippen LogP contribution in [0.15, 0.2) is 39.3 Å². The van der Waals surface area contributed by atoms with Crippen LogP contribution in [-0.4, -0.2) is 9.67 Å². The number of aromatic hydroxyl groups is 1. The molecule has 1 N–H and O–H groups in total. The predicted octanol–water partition coefficient (Wildman–Crippen LogP) is 4.40. The summed E-state index contributed by atoms with van der Waals surface area (Å²) >= 11 is 0. The van der Waals surface area contributed by atoms with Crippen LogP contribution in [0.4, 0.5) is 15.8 Å². The lowest BCUT2D eigenvalue weighted by atomic mass is 10.1. The summed E-state index contributed by atoms with van der Waals surface area (Å²) in [6, 6.07) is 7.17. The number of azo groups is 1. The smallest absolute Gasteiger partial charge is 0.281 e. The number of halogens is 1. The fraction of sp³-hybridized carbons (Fsp3) is 0.333. The summed E-state index contributed by atoms with van der Waals surface area (Å²) < 4.78 is 14.2. The molecule has 0 aliphatic heterocycles. The molecule has 0 spiro atoms. The van der Waals surface area contributed by atoms with Gasteiger partial charge in [-0.25, -0.2) is 4.39 Å². The largest absolute Gasteiger partial charge is 0.493 e. The van der Waals surface area contributed by atoms with E-state index in [0.29, 0.717) is 5.69 Å². The molecule has 6 nitrogen and oxygen atoms in total. The number of aromatic nitrogens is 1. The second-order valence-electron chi connectivity index (χ2n) is 6.07. The van der Waals surface area contributed by atoms with Crippen LogP contribution >= 0.6 is 0 Å². The van der Waals surface area contributed by atoms with E-state index in [1.54, 1.807) is 6.92 Å². The highest BCUT2D eigenvalue weighted by Gasteiger charge is 2.26. The van der Waals surface area contributed by atoms with Gasteiger partial charge >= 0.3 is 0 Å². The van der Waals surface area contributed by atoms with Gasteiger partial charge in [0.1, 0.15) is 17.4 Å². The number of pyridine rings is 1. The van der Waals surface area contributed by atoms with Gasteiger partial charge in [0.2, 0.25) is 5.88 Å². The Morgan fingerprint density at radius 2 is 1.88 bits per heavy atom. The Bertz CT molecular complexity index is 920. The molecule has 0 amide bonds. The van der Waals surface area contributed by atoms with Crippen LogP contribution in [0.25, 0.3) is 0 Å². The number of nitrogens with zero attached hydrogens (tertiary/aromatic N) is 4. The molecule has 1 aliphatic rings. The zero-order valence-corrected chi connectivity index (χ0v) is 13.7. The normalized spacial score (nSPS) is 14.9. The van der Waals surface area contributed by atoms with Crippen molar-refractivity contribution >= 4 is 11.4 Å². The fourth-order valence-electron chi connectivity index (χ4n) is 3.15. The van der Waals surface area contributed by atoms with Crippen LogP contribution in [0.3, 0.4) is 0 Å². The van der Waals surface area contributed by atoms with E-state index in [0.717, 1.165) is 25.7 Å². The second-order valence-corrected chi connectivity index (χ2v) is 6.07. The van der Waals surface area contributed by atoms with Crippen molar-refractivity contribution < 1.29 is 9.50 Å². The highest BCUT2D eigenvalue weighted by Crippen LogP contribution is 2.35. The molecule has 1 aromatic heterocycles. The summed E-state index contributed by atoms with van der Waals surface area (Å²) in [4.78, 5) is 12.8. The van der Waals surface area contributed by atoms with Crippen molar-refractivity contribution in [2.24, 2.45) is 10.2 Å². The minimum Gasteiger partial charge on any atom is -0.493 e. The molecule has 1 fully saturated rings. The first-order valence-electron chi connectivity index (χ1n) is 8.08. The average molecular weight is 340 g/mol. The molecule has 0 unspecified atom stereocenters. The van der Waals surface area contributed by atoms with Gasteiger partial charge in [-0.3, -0.25) is 9.36 Å². The molecular weight excluding hydrogens is 323 g/mol. The maximum absolute atomic E-state index is 13.0. The third-order valence-corrected chi connectivity index (χ3v) is 4.50. The SMILES string of the molecule is Cc1c(C#N)c(O)n(C2CCCC2)c(=O)c1N=Nc1ccc(F)cc1. The van der Waals surface area contributed by atoms with Gasteiger partial charge < -0.3 is 5.11 Å². The number of nitriles is 1. The van der Waals surface area contributed by atoms with Crippen molar-refractivity contribution in [2.45, 2.75) is 38.6 Å². The van der Waals surface area contributed by atoms with Gasteiger partial charge in [0.25, 0.3) is 5.56 Å². The monoisotopic (exact) mass is 340 g/mol. The lowest BCUT2D eigenvalue weighted by molar-refractivity contribution is 0.368. The molecule has 1 heterocycles. The molecular formula is C18H17FN4O2. The molecule has 0 bridgehead atoms. The molecule has 128 valence electrons. The molecule has 1 saturated carbocycles. The molecule has 0 radical (unpaired) electrons.